The molecule has 0 saturated heterocycles. The Balaban J connectivity index is 2.25. The largest absolute Gasteiger partial charge is 0.416 e. The number of halogens is 6. The van der Waals surface area contributed by atoms with Gasteiger partial charge in [0.05, 0.1) is 16.7 Å². The first kappa shape index (κ1) is 21.9. The van der Waals surface area contributed by atoms with Crippen molar-refractivity contribution in [1.82, 2.24) is 0 Å². The smallest absolute Gasteiger partial charge is 0.317 e. The molecule has 3 aromatic rings. The second-order valence-electron chi connectivity index (χ2n) is 7.16. The molecule has 0 saturated carbocycles. The van der Waals surface area contributed by atoms with E-state index in [1.807, 2.05) is 0 Å². The van der Waals surface area contributed by atoms with Crippen LogP contribution in [0.3, 0.4) is 0 Å². The van der Waals surface area contributed by atoms with Crippen LogP contribution in [0.2, 0.25) is 0 Å². The zero-order chi connectivity index (χ0) is 22.2. The minimum atomic E-state index is -4.61. The summed E-state index contributed by atoms with van der Waals surface area (Å²) in [7, 11) is 0. The maximum atomic E-state index is 13.3. The number of hydrogen-bond donors (Lipinski definition) is 1. The van der Waals surface area contributed by atoms with E-state index in [9.17, 15) is 26.3 Å². The molecule has 0 unspecified atom stereocenters. The Bertz CT molecular complexity index is 950. The molecule has 0 aliphatic rings. The fraction of sp³-hybridized carbons (Fsp3) is 0.217. The second-order valence-corrected chi connectivity index (χ2v) is 7.16. The number of alkyl halides is 6. The average molecular weight is 423 g/mol. The maximum absolute atomic E-state index is 13.3. The van der Waals surface area contributed by atoms with Crippen molar-refractivity contribution >= 4 is 0 Å². The van der Waals surface area contributed by atoms with E-state index in [-0.39, 0.29) is 11.1 Å². The molecule has 3 aromatic carbocycles. The lowest BCUT2D eigenvalue weighted by atomic mass is 9.71. The highest BCUT2D eigenvalue weighted by molar-refractivity contribution is 5.46. The third-order valence-corrected chi connectivity index (χ3v) is 5.32. The van der Waals surface area contributed by atoms with Gasteiger partial charge in [0.2, 0.25) is 0 Å². The summed E-state index contributed by atoms with van der Waals surface area (Å²) in [6, 6.07) is 17.6. The number of hydrogen-bond acceptors (Lipinski definition) is 1. The average Bonchev–Trinajstić information content (AvgIpc) is 2.72. The Kier molecular flexibility index (Phi) is 5.69. The van der Waals surface area contributed by atoms with Crippen molar-refractivity contribution in [3.63, 3.8) is 0 Å². The summed E-state index contributed by atoms with van der Waals surface area (Å²) in [6.07, 6.45) is -9.22. The van der Waals surface area contributed by atoms with E-state index in [4.69, 9.17) is 5.73 Å². The van der Waals surface area contributed by atoms with Crippen LogP contribution < -0.4 is 5.73 Å². The summed E-state index contributed by atoms with van der Waals surface area (Å²) >= 11 is 0. The van der Waals surface area contributed by atoms with Gasteiger partial charge in [0.25, 0.3) is 0 Å². The molecule has 0 radical (unpaired) electrons. The van der Waals surface area contributed by atoms with Crippen molar-refractivity contribution in [2.45, 2.75) is 30.7 Å². The minimum Gasteiger partial charge on any atom is -0.317 e. The molecule has 7 heteroatoms. The molecule has 0 heterocycles. The highest BCUT2D eigenvalue weighted by Crippen LogP contribution is 2.43. The Labute approximate surface area is 170 Å². The van der Waals surface area contributed by atoms with Crippen LogP contribution in [-0.2, 0) is 17.9 Å². The van der Waals surface area contributed by atoms with Crippen LogP contribution in [0.1, 0.15) is 40.7 Å². The van der Waals surface area contributed by atoms with E-state index in [1.165, 1.54) is 24.3 Å². The van der Waals surface area contributed by atoms with Crippen molar-refractivity contribution < 1.29 is 26.3 Å². The van der Waals surface area contributed by atoms with Crippen LogP contribution in [0, 0.1) is 0 Å². The van der Waals surface area contributed by atoms with Crippen molar-refractivity contribution in [1.29, 1.82) is 0 Å². The standard InChI is InChI=1S/C23H19F6N/c1-15(16-7-3-2-4-8-16)21(30,17-9-5-11-19(13-17)22(24,25)26)18-10-6-12-20(14-18)23(27,28)29/h2-15H,30H2,1H3/t15-/m0/s1. The molecule has 30 heavy (non-hydrogen) atoms. The highest BCUT2D eigenvalue weighted by Gasteiger charge is 2.40. The Morgan fingerprint density at radius 1 is 0.600 bits per heavy atom. The summed E-state index contributed by atoms with van der Waals surface area (Å²) in [5, 5.41) is 0. The quantitative estimate of drug-likeness (QED) is 0.463. The predicted molar refractivity (Wildman–Crippen MR) is 103 cm³/mol. The fourth-order valence-electron chi connectivity index (χ4n) is 3.58. The van der Waals surface area contributed by atoms with Crippen LogP contribution in [-0.4, -0.2) is 0 Å². The molecule has 1 nitrogen and oxygen atoms in total. The van der Waals surface area contributed by atoms with Crippen molar-refractivity contribution in [3.8, 4) is 0 Å². The second kappa shape index (κ2) is 7.80. The van der Waals surface area contributed by atoms with Gasteiger partial charge >= 0.3 is 12.4 Å². The van der Waals surface area contributed by atoms with Crippen LogP contribution in [0.4, 0.5) is 26.3 Å². The topological polar surface area (TPSA) is 26.0 Å². The van der Waals surface area contributed by atoms with Crippen molar-refractivity contribution in [3.05, 3.63) is 107 Å². The molecule has 0 aliphatic heterocycles. The molecule has 0 aliphatic carbocycles. The lowest BCUT2D eigenvalue weighted by Crippen LogP contribution is -2.43. The summed E-state index contributed by atoms with van der Waals surface area (Å²) in [6.45, 7) is 1.69. The van der Waals surface area contributed by atoms with Gasteiger partial charge in [-0.25, -0.2) is 0 Å². The number of benzene rings is 3. The first-order chi connectivity index (χ1) is 13.9. The van der Waals surface area contributed by atoms with E-state index in [0.717, 1.165) is 24.3 Å². The molecule has 158 valence electrons. The van der Waals surface area contributed by atoms with Crippen LogP contribution in [0.15, 0.2) is 78.9 Å². The number of nitrogens with two attached hydrogens (primary N) is 1. The van der Waals surface area contributed by atoms with Crippen LogP contribution in [0.25, 0.3) is 0 Å². The van der Waals surface area contributed by atoms with E-state index >= 15 is 0 Å². The minimum absolute atomic E-state index is 0.0769. The maximum Gasteiger partial charge on any atom is 0.416 e. The molecular weight excluding hydrogens is 404 g/mol. The zero-order valence-corrected chi connectivity index (χ0v) is 15.9. The first-order valence-electron chi connectivity index (χ1n) is 9.13. The van der Waals surface area contributed by atoms with E-state index in [0.29, 0.717) is 5.56 Å². The summed E-state index contributed by atoms with van der Waals surface area (Å²) in [4.78, 5) is 0. The predicted octanol–water partition coefficient (Wildman–Crippen LogP) is 6.73. The Hall–Kier alpha value is -2.80. The summed E-state index contributed by atoms with van der Waals surface area (Å²) in [5.74, 6) is -0.620. The van der Waals surface area contributed by atoms with Crippen LogP contribution >= 0.6 is 0 Å². The molecule has 0 aromatic heterocycles. The van der Waals surface area contributed by atoms with Gasteiger partial charge < -0.3 is 5.73 Å². The lowest BCUT2D eigenvalue weighted by Gasteiger charge is -2.38. The van der Waals surface area contributed by atoms with Gasteiger partial charge in [-0.3, -0.25) is 0 Å². The van der Waals surface area contributed by atoms with Gasteiger partial charge in [0, 0.05) is 5.92 Å². The molecule has 0 fully saturated rings. The van der Waals surface area contributed by atoms with Gasteiger partial charge in [-0.15, -0.1) is 0 Å². The summed E-state index contributed by atoms with van der Waals surface area (Å²) in [5.41, 5.74) is 4.08. The van der Waals surface area contributed by atoms with Gasteiger partial charge in [0.1, 0.15) is 0 Å². The highest BCUT2D eigenvalue weighted by atomic mass is 19.4. The van der Waals surface area contributed by atoms with Crippen molar-refractivity contribution in [2.75, 3.05) is 0 Å². The van der Waals surface area contributed by atoms with Gasteiger partial charge in [0.15, 0.2) is 0 Å². The van der Waals surface area contributed by atoms with Gasteiger partial charge in [-0.2, -0.15) is 26.3 Å². The zero-order valence-electron chi connectivity index (χ0n) is 15.9. The first-order valence-corrected chi connectivity index (χ1v) is 9.13. The third-order valence-electron chi connectivity index (χ3n) is 5.32. The molecule has 2 N–H and O–H groups in total. The van der Waals surface area contributed by atoms with Crippen molar-refractivity contribution in [2.24, 2.45) is 5.73 Å². The molecule has 1 atom stereocenters. The van der Waals surface area contributed by atoms with Crippen LogP contribution in [0.5, 0.6) is 0 Å². The van der Waals surface area contributed by atoms with Gasteiger partial charge in [-0.05, 0) is 41.0 Å². The SMILES string of the molecule is C[C@@H](c1ccccc1)C(N)(c1cccc(C(F)(F)F)c1)c1cccc(C(F)(F)F)c1. The Morgan fingerprint density at radius 2 is 1.00 bits per heavy atom. The molecular formula is C23H19F6N. The summed E-state index contributed by atoms with van der Waals surface area (Å²) < 4.78 is 79.9. The van der Waals surface area contributed by atoms with E-state index in [2.05, 4.69) is 0 Å². The third kappa shape index (κ3) is 4.21. The lowest BCUT2D eigenvalue weighted by molar-refractivity contribution is -0.138. The number of rotatable bonds is 4. The van der Waals surface area contributed by atoms with E-state index in [1.54, 1.807) is 37.3 Å². The Morgan fingerprint density at radius 3 is 1.40 bits per heavy atom. The normalized spacial score (nSPS) is 13.9. The van der Waals surface area contributed by atoms with E-state index < -0.39 is 34.9 Å². The molecule has 0 spiro atoms. The fourth-order valence-corrected chi connectivity index (χ4v) is 3.58. The molecule has 0 bridgehead atoms. The molecule has 0 amide bonds. The van der Waals surface area contributed by atoms with Gasteiger partial charge in [-0.1, -0.05) is 61.5 Å². The molecule has 3 rings (SSSR count). The monoisotopic (exact) mass is 423 g/mol.